The van der Waals surface area contributed by atoms with Crippen LogP contribution in [0.2, 0.25) is 5.02 Å². The van der Waals surface area contributed by atoms with E-state index in [2.05, 4.69) is 31.7 Å². The number of nitriles is 1. The SMILES string of the molecule is N#Cc1ccc(NC(=O)c2cnc(NN)c(Cl)c2)c(Br)c1. The monoisotopic (exact) mass is 365 g/mol. The van der Waals surface area contributed by atoms with E-state index < -0.39 is 0 Å². The van der Waals surface area contributed by atoms with Gasteiger partial charge in [0.25, 0.3) is 5.91 Å². The van der Waals surface area contributed by atoms with E-state index in [0.29, 0.717) is 15.7 Å². The van der Waals surface area contributed by atoms with E-state index in [1.54, 1.807) is 18.2 Å². The van der Waals surface area contributed by atoms with Crippen LogP contribution in [0.1, 0.15) is 15.9 Å². The van der Waals surface area contributed by atoms with Crippen molar-refractivity contribution in [3.63, 3.8) is 0 Å². The van der Waals surface area contributed by atoms with Crippen molar-refractivity contribution in [2.75, 3.05) is 10.7 Å². The predicted molar refractivity (Wildman–Crippen MR) is 83.9 cm³/mol. The van der Waals surface area contributed by atoms with Crippen molar-refractivity contribution in [1.82, 2.24) is 4.98 Å². The van der Waals surface area contributed by atoms with Crippen LogP contribution in [0.5, 0.6) is 0 Å². The second-order valence-corrected chi connectivity index (χ2v) is 5.22. The number of pyridine rings is 1. The summed E-state index contributed by atoms with van der Waals surface area (Å²) in [6, 6.07) is 8.31. The quantitative estimate of drug-likeness (QED) is 0.572. The molecule has 6 nitrogen and oxygen atoms in total. The summed E-state index contributed by atoms with van der Waals surface area (Å²) in [6.07, 6.45) is 1.36. The zero-order valence-electron chi connectivity index (χ0n) is 10.5. The highest BCUT2D eigenvalue weighted by molar-refractivity contribution is 9.10. The van der Waals surface area contributed by atoms with Gasteiger partial charge in [0.15, 0.2) is 5.82 Å². The number of nitrogen functional groups attached to an aromatic ring is 1. The van der Waals surface area contributed by atoms with Gasteiger partial charge in [-0.3, -0.25) is 4.79 Å². The lowest BCUT2D eigenvalue weighted by atomic mass is 10.2. The van der Waals surface area contributed by atoms with Crippen LogP contribution in [-0.2, 0) is 0 Å². The van der Waals surface area contributed by atoms with E-state index in [9.17, 15) is 4.79 Å². The molecule has 8 heteroatoms. The summed E-state index contributed by atoms with van der Waals surface area (Å²) in [5.41, 5.74) is 3.63. The second-order valence-electron chi connectivity index (χ2n) is 3.96. The van der Waals surface area contributed by atoms with E-state index in [1.807, 2.05) is 6.07 Å². The third-order valence-corrected chi connectivity index (χ3v) is 3.53. The van der Waals surface area contributed by atoms with E-state index in [0.717, 1.165) is 0 Å². The molecule has 2 aromatic rings. The summed E-state index contributed by atoms with van der Waals surface area (Å²) in [5, 5.41) is 11.7. The standard InChI is InChI=1S/C13H9BrClN5O/c14-9-3-7(5-16)1-2-11(9)19-13(21)8-4-10(15)12(20-17)18-6-8/h1-4,6H,17H2,(H,18,20)(H,19,21). The Morgan fingerprint density at radius 2 is 2.19 bits per heavy atom. The van der Waals surface area contributed by atoms with Gasteiger partial charge in [0.05, 0.1) is 27.9 Å². The maximum Gasteiger partial charge on any atom is 0.257 e. The van der Waals surface area contributed by atoms with Crippen molar-refractivity contribution >= 4 is 44.9 Å². The van der Waals surface area contributed by atoms with Crippen molar-refractivity contribution in [2.45, 2.75) is 0 Å². The first-order valence-electron chi connectivity index (χ1n) is 5.68. The number of benzene rings is 1. The van der Waals surface area contributed by atoms with Gasteiger partial charge in [-0.25, -0.2) is 10.8 Å². The number of nitrogens with one attached hydrogen (secondary N) is 2. The average molecular weight is 367 g/mol. The molecule has 1 heterocycles. The van der Waals surface area contributed by atoms with Crippen LogP contribution in [0.15, 0.2) is 34.9 Å². The number of halogens is 2. The number of hydrogen-bond acceptors (Lipinski definition) is 5. The van der Waals surface area contributed by atoms with Crippen LogP contribution in [0.3, 0.4) is 0 Å². The molecular formula is C13H9BrClN5O. The third kappa shape index (κ3) is 3.49. The van der Waals surface area contributed by atoms with Gasteiger partial charge >= 0.3 is 0 Å². The Balaban J connectivity index is 2.22. The number of anilines is 2. The van der Waals surface area contributed by atoms with Crippen LogP contribution in [0, 0.1) is 11.3 Å². The molecule has 0 saturated heterocycles. The van der Waals surface area contributed by atoms with Gasteiger partial charge in [0.2, 0.25) is 0 Å². The molecule has 0 spiro atoms. The highest BCUT2D eigenvalue weighted by Gasteiger charge is 2.11. The van der Waals surface area contributed by atoms with Crippen LogP contribution in [0.25, 0.3) is 0 Å². The molecule has 21 heavy (non-hydrogen) atoms. The fraction of sp³-hybridized carbons (Fsp3) is 0. The van der Waals surface area contributed by atoms with E-state index in [4.69, 9.17) is 22.7 Å². The molecule has 1 amide bonds. The number of amides is 1. The summed E-state index contributed by atoms with van der Waals surface area (Å²) in [5.74, 6) is 5.13. The van der Waals surface area contributed by atoms with Gasteiger partial charge in [-0.05, 0) is 40.2 Å². The number of hydrazine groups is 1. The Kier molecular flexibility index (Phi) is 4.75. The molecule has 2 rings (SSSR count). The average Bonchev–Trinajstić information content (AvgIpc) is 2.49. The summed E-state index contributed by atoms with van der Waals surface area (Å²) in [4.78, 5) is 16.1. The minimum atomic E-state index is -0.377. The Bertz CT molecular complexity index is 744. The van der Waals surface area contributed by atoms with Gasteiger partial charge in [-0.15, -0.1) is 0 Å². The summed E-state index contributed by atoms with van der Waals surface area (Å²) in [6.45, 7) is 0. The van der Waals surface area contributed by atoms with Gasteiger partial charge in [-0.2, -0.15) is 5.26 Å². The molecule has 1 aromatic heterocycles. The Labute approximate surface area is 134 Å². The number of carbonyl (C=O) groups is 1. The normalized spacial score (nSPS) is 9.81. The van der Waals surface area contributed by atoms with Crippen molar-refractivity contribution in [3.05, 3.63) is 51.1 Å². The maximum absolute atomic E-state index is 12.1. The molecule has 0 aliphatic heterocycles. The van der Waals surface area contributed by atoms with Crippen molar-refractivity contribution in [3.8, 4) is 6.07 Å². The molecule has 0 aliphatic carbocycles. The summed E-state index contributed by atoms with van der Waals surface area (Å²) in [7, 11) is 0. The van der Waals surface area contributed by atoms with E-state index in [1.165, 1.54) is 12.3 Å². The highest BCUT2D eigenvalue weighted by atomic mass is 79.9. The molecule has 0 radical (unpaired) electrons. The molecule has 0 atom stereocenters. The van der Waals surface area contributed by atoms with Gasteiger partial charge in [-0.1, -0.05) is 11.6 Å². The molecule has 0 unspecified atom stereocenters. The predicted octanol–water partition coefficient (Wildman–Crippen LogP) is 2.91. The van der Waals surface area contributed by atoms with Gasteiger partial charge in [0, 0.05) is 10.7 Å². The molecule has 1 aromatic carbocycles. The van der Waals surface area contributed by atoms with E-state index in [-0.39, 0.29) is 22.3 Å². The molecule has 106 valence electrons. The number of rotatable bonds is 3. The van der Waals surface area contributed by atoms with Gasteiger partial charge < -0.3 is 10.7 Å². The van der Waals surface area contributed by atoms with Crippen molar-refractivity contribution in [1.29, 1.82) is 5.26 Å². The lowest BCUT2D eigenvalue weighted by molar-refractivity contribution is 0.102. The number of carbonyl (C=O) groups excluding carboxylic acids is 1. The molecule has 0 fully saturated rings. The fourth-order valence-electron chi connectivity index (χ4n) is 1.55. The zero-order chi connectivity index (χ0) is 15.4. The first kappa shape index (κ1) is 15.3. The Morgan fingerprint density at radius 3 is 2.76 bits per heavy atom. The van der Waals surface area contributed by atoms with Crippen LogP contribution >= 0.6 is 27.5 Å². The number of nitrogens with zero attached hydrogens (tertiary/aromatic N) is 2. The lowest BCUT2D eigenvalue weighted by Gasteiger charge is -2.09. The summed E-state index contributed by atoms with van der Waals surface area (Å²) >= 11 is 9.21. The maximum atomic E-state index is 12.1. The molecule has 4 N–H and O–H groups in total. The van der Waals surface area contributed by atoms with Crippen LogP contribution in [-0.4, -0.2) is 10.9 Å². The Hall–Kier alpha value is -2.14. The second kappa shape index (κ2) is 6.54. The largest absolute Gasteiger partial charge is 0.321 e. The van der Waals surface area contributed by atoms with Crippen LogP contribution < -0.4 is 16.6 Å². The fourth-order valence-corrected chi connectivity index (χ4v) is 2.25. The zero-order valence-corrected chi connectivity index (χ0v) is 12.9. The minimum Gasteiger partial charge on any atom is -0.321 e. The topological polar surface area (TPSA) is 104 Å². The molecular weight excluding hydrogens is 358 g/mol. The first-order chi connectivity index (χ1) is 10.0. The smallest absolute Gasteiger partial charge is 0.257 e. The first-order valence-corrected chi connectivity index (χ1v) is 6.85. The number of nitrogens with two attached hydrogens (primary N) is 1. The van der Waals surface area contributed by atoms with Crippen molar-refractivity contribution in [2.24, 2.45) is 5.84 Å². The minimum absolute atomic E-state index is 0.240. The van der Waals surface area contributed by atoms with E-state index >= 15 is 0 Å². The highest BCUT2D eigenvalue weighted by Crippen LogP contribution is 2.25. The summed E-state index contributed by atoms with van der Waals surface area (Å²) < 4.78 is 0.606. The van der Waals surface area contributed by atoms with Crippen LogP contribution in [0.4, 0.5) is 11.5 Å². The molecule has 0 aliphatic rings. The lowest BCUT2D eigenvalue weighted by Crippen LogP contribution is -2.14. The van der Waals surface area contributed by atoms with Crippen molar-refractivity contribution < 1.29 is 4.79 Å². The van der Waals surface area contributed by atoms with Gasteiger partial charge in [0.1, 0.15) is 0 Å². The Morgan fingerprint density at radius 1 is 1.43 bits per heavy atom. The third-order valence-electron chi connectivity index (χ3n) is 2.59. The number of aromatic nitrogens is 1. The molecule has 0 saturated carbocycles. The number of hydrogen-bond donors (Lipinski definition) is 3. The molecule has 0 bridgehead atoms.